The summed E-state index contributed by atoms with van der Waals surface area (Å²) in [6, 6.07) is 0.120. The Morgan fingerprint density at radius 2 is 2.31 bits per heavy atom. The molecule has 0 aliphatic heterocycles. The largest absolute Gasteiger partial charge is 0.392 e. The Bertz CT molecular complexity index is 206. The lowest BCUT2D eigenvalue weighted by atomic mass is 9.64. The van der Waals surface area contributed by atoms with Gasteiger partial charge in [-0.15, -0.1) is 0 Å². The van der Waals surface area contributed by atoms with Crippen LogP contribution < -0.4 is 5.32 Å². The Balaban J connectivity index is 2.36. The second-order valence-corrected chi connectivity index (χ2v) is 4.61. The summed E-state index contributed by atoms with van der Waals surface area (Å²) in [5.74, 6) is 0.599. The first-order valence-corrected chi connectivity index (χ1v) is 5.20. The Morgan fingerprint density at radius 3 is 2.69 bits per heavy atom. The first-order valence-electron chi connectivity index (χ1n) is 4.56. The maximum Gasteiger partial charge on any atom is 0.221 e. The van der Waals surface area contributed by atoms with Crippen molar-refractivity contribution in [3.63, 3.8) is 0 Å². The van der Waals surface area contributed by atoms with E-state index >= 15 is 0 Å². The van der Waals surface area contributed by atoms with Crippen LogP contribution in [-0.2, 0) is 4.79 Å². The molecule has 0 bridgehead atoms. The number of aliphatic hydroxyl groups is 1. The second-order valence-electron chi connectivity index (χ2n) is 4.17. The molecule has 0 aromatic heterocycles. The average molecular weight is 203 g/mol. The summed E-state index contributed by atoms with van der Waals surface area (Å²) in [5.41, 5.74) is -0.174. The predicted molar refractivity (Wildman–Crippen MR) is 54.8 cm³/mol. The minimum absolute atomic E-state index is 0.0278. The lowest BCUT2D eigenvalue weighted by Crippen LogP contribution is -2.61. The van der Waals surface area contributed by atoms with E-state index in [0.29, 0.717) is 18.6 Å². The van der Waals surface area contributed by atoms with E-state index in [-0.39, 0.29) is 23.5 Å². The van der Waals surface area contributed by atoms with Gasteiger partial charge >= 0.3 is 0 Å². The Kier molecular flexibility index (Phi) is 3.24. The molecule has 1 amide bonds. The molecule has 13 heavy (non-hydrogen) atoms. The van der Waals surface area contributed by atoms with Gasteiger partial charge in [-0.05, 0) is 12.2 Å². The van der Waals surface area contributed by atoms with Crippen LogP contribution in [0.25, 0.3) is 0 Å². The van der Waals surface area contributed by atoms with Gasteiger partial charge in [-0.1, -0.05) is 13.8 Å². The van der Waals surface area contributed by atoms with Gasteiger partial charge in [0.25, 0.3) is 0 Å². The van der Waals surface area contributed by atoms with Gasteiger partial charge < -0.3 is 10.4 Å². The molecule has 1 aliphatic carbocycles. The summed E-state index contributed by atoms with van der Waals surface area (Å²) in [6.45, 7) is 3.93. The van der Waals surface area contributed by atoms with Gasteiger partial charge in [-0.3, -0.25) is 4.79 Å². The number of hydrogen-bond donors (Lipinski definition) is 3. The molecule has 76 valence electrons. The van der Waals surface area contributed by atoms with Crippen molar-refractivity contribution in [3.05, 3.63) is 0 Å². The summed E-state index contributed by atoms with van der Waals surface area (Å²) in [5, 5.41) is 12.3. The highest BCUT2D eigenvalue weighted by molar-refractivity contribution is 7.80. The van der Waals surface area contributed by atoms with Gasteiger partial charge in [0.15, 0.2) is 0 Å². The lowest BCUT2D eigenvalue weighted by Gasteiger charge is -2.49. The van der Waals surface area contributed by atoms with Crippen molar-refractivity contribution in [1.29, 1.82) is 0 Å². The highest BCUT2D eigenvalue weighted by Gasteiger charge is 2.47. The van der Waals surface area contributed by atoms with Crippen molar-refractivity contribution < 1.29 is 9.90 Å². The standard InChI is InChI=1S/C9H17NO2S/c1-9(2)6(5-7(9)11)10-8(12)3-4-13/h6-7,11,13H,3-5H2,1-2H3,(H,10,12). The zero-order valence-corrected chi connectivity index (χ0v) is 8.97. The molecular formula is C9H17NO2S. The molecule has 0 saturated heterocycles. The number of carbonyl (C=O) groups excluding carboxylic acids is 1. The minimum Gasteiger partial charge on any atom is -0.392 e. The molecule has 0 spiro atoms. The maximum atomic E-state index is 11.2. The Morgan fingerprint density at radius 1 is 1.69 bits per heavy atom. The van der Waals surface area contributed by atoms with Crippen LogP contribution in [0.2, 0.25) is 0 Å². The molecule has 1 aliphatic rings. The second kappa shape index (κ2) is 3.88. The van der Waals surface area contributed by atoms with E-state index in [1.54, 1.807) is 0 Å². The molecule has 0 heterocycles. The number of nitrogens with one attached hydrogen (secondary N) is 1. The molecule has 1 fully saturated rings. The zero-order valence-electron chi connectivity index (χ0n) is 8.08. The fourth-order valence-corrected chi connectivity index (χ4v) is 1.72. The Hall–Kier alpha value is -0.220. The van der Waals surface area contributed by atoms with Crippen molar-refractivity contribution in [1.82, 2.24) is 5.32 Å². The molecule has 0 radical (unpaired) electrons. The quantitative estimate of drug-likeness (QED) is 0.588. The van der Waals surface area contributed by atoms with Gasteiger partial charge in [-0.25, -0.2) is 0 Å². The number of thiol groups is 1. The van der Waals surface area contributed by atoms with E-state index < -0.39 is 0 Å². The van der Waals surface area contributed by atoms with Crippen LogP contribution in [0.3, 0.4) is 0 Å². The first kappa shape index (κ1) is 10.9. The fraction of sp³-hybridized carbons (Fsp3) is 0.889. The highest BCUT2D eigenvalue weighted by Crippen LogP contribution is 2.40. The van der Waals surface area contributed by atoms with E-state index in [0.717, 1.165) is 0 Å². The molecule has 0 aromatic rings. The van der Waals surface area contributed by atoms with Crippen LogP contribution in [0.4, 0.5) is 0 Å². The SMILES string of the molecule is CC1(C)C(O)CC1NC(=O)CCS. The topological polar surface area (TPSA) is 49.3 Å². The maximum absolute atomic E-state index is 11.2. The average Bonchev–Trinajstić information content (AvgIpc) is 2.04. The van der Waals surface area contributed by atoms with E-state index in [2.05, 4.69) is 17.9 Å². The third-order valence-electron chi connectivity index (χ3n) is 2.89. The molecule has 0 aromatic carbocycles. The van der Waals surface area contributed by atoms with Crippen molar-refractivity contribution in [3.8, 4) is 0 Å². The van der Waals surface area contributed by atoms with Crippen LogP contribution in [0.15, 0.2) is 0 Å². The number of carbonyl (C=O) groups is 1. The van der Waals surface area contributed by atoms with Crippen LogP contribution >= 0.6 is 12.6 Å². The van der Waals surface area contributed by atoms with Crippen LogP contribution in [0, 0.1) is 5.41 Å². The third-order valence-corrected chi connectivity index (χ3v) is 3.11. The molecule has 4 heteroatoms. The summed E-state index contributed by atoms with van der Waals surface area (Å²) >= 11 is 3.98. The van der Waals surface area contributed by atoms with Gasteiger partial charge in [-0.2, -0.15) is 12.6 Å². The van der Waals surface area contributed by atoms with Gasteiger partial charge in [0, 0.05) is 17.9 Å². The smallest absolute Gasteiger partial charge is 0.221 e. The predicted octanol–water partition coefficient (Wildman–Crippen LogP) is 0.582. The Labute approximate surface area is 84.3 Å². The molecule has 3 nitrogen and oxygen atoms in total. The van der Waals surface area contributed by atoms with Crippen molar-refractivity contribution in [2.75, 3.05) is 5.75 Å². The van der Waals surface area contributed by atoms with Gasteiger partial charge in [0.1, 0.15) is 0 Å². The number of rotatable bonds is 3. The van der Waals surface area contributed by atoms with Gasteiger partial charge in [0.2, 0.25) is 5.91 Å². The number of aliphatic hydroxyl groups excluding tert-OH is 1. The van der Waals surface area contributed by atoms with Crippen LogP contribution in [0.5, 0.6) is 0 Å². The highest BCUT2D eigenvalue weighted by atomic mass is 32.1. The van der Waals surface area contributed by atoms with Crippen LogP contribution in [-0.4, -0.2) is 28.9 Å². The number of hydrogen-bond acceptors (Lipinski definition) is 3. The van der Waals surface area contributed by atoms with Crippen molar-refractivity contribution in [2.45, 2.75) is 38.8 Å². The summed E-state index contributed by atoms with van der Waals surface area (Å²) in [4.78, 5) is 11.2. The normalized spacial score (nSPS) is 30.8. The lowest BCUT2D eigenvalue weighted by molar-refractivity contribution is -0.128. The first-order chi connectivity index (χ1) is 5.98. The zero-order chi connectivity index (χ0) is 10.1. The van der Waals surface area contributed by atoms with E-state index in [9.17, 15) is 9.90 Å². The fourth-order valence-electron chi connectivity index (χ4n) is 1.52. The van der Waals surface area contributed by atoms with Crippen molar-refractivity contribution in [2.24, 2.45) is 5.41 Å². The van der Waals surface area contributed by atoms with Gasteiger partial charge in [0.05, 0.1) is 6.10 Å². The minimum atomic E-state index is -0.284. The monoisotopic (exact) mass is 203 g/mol. The van der Waals surface area contributed by atoms with E-state index in [1.165, 1.54) is 0 Å². The molecule has 1 saturated carbocycles. The van der Waals surface area contributed by atoms with E-state index in [1.807, 2.05) is 13.8 Å². The molecule has 2 atom stereocenters. The molecule has 2 unspecified atom stereocenters. The summed E-state index contributed by atoms with van der Waals surface area (Å²) < 4.78 is 0. The third kappa shape index (κ3) is 2.17. The number of amides is 1. The molecule has 1 rings (SSSR count). The van der Waals surface area contributed by atoms with E-state index in [4.69, 9.17) is 0 Å². The molecule has 2 N–H and O–H groups in total. The van der Waals surface area contributed by atoms with Crippen molar-refractivity contribution >= 4 is 18.5 Å². The molecular weight excluding hydrogens is 186 g/mol. The van der Waals surface area contributed by atoms with Crippen LogP contribution in [0.1, 0.15) is 26.7 Å². The summed E-state index contributed by atoms with van der Waals surface area (Å²) in [7, 11) is 0. The summed E-state index contributed by atoms with van der Waals surface area (Å²) in [6.07, 6.45) is 0.839.